The molecule has 0 atom stereocenters. The normalized spacial score (nSPS) is 10.8. The summed E-state index contributed by atoms with van der Waals surface area (Å²) in [5.41, 5.74) is 9.56. The fourth-order valence-electron chi connectivity index (χ4n) is 1.93. The van der Waals surface area contributed by atoms with Crippen molar-refractivity contribution in [1.29, 1.82) is 0 Å². The molecule has 0 fully saturated rings. The molecule has 0 amide bonds. The Hall–Kier alpha value is -1.48. The Balaban J connectivity index is 2.51. The second-order valence-electron chi connectivity index (χ2n) is 4.15. The summed E-state index contributed by atoms with van der Waals surface area (Å²) in [7, 11) is 1.92. The number of nitrogens with two attached hydrogens (primary N) is 1. The molecule has 0 bridgehead atoms. The smallest absolute Gasteiger partial charge is 0.0703 e. The molecule has 2 aromatic rings. The van der Waals surface area contributed by atoms with E-state index in [1.54, 1.807) is 6.07 Å². The maximum atomic E-state index is 6.23. The molecule has 2 rings (SSSR count). The summed E-state index contributed by atoms with van der Waals surface area (Å²) in [5, 5.41) is 5.14. The SMILES string of the molecule is CCCc1nn(C)cc1-c1ccc(N)cc1Cl. The van der Waals surface area contributed by atoms with E-state index in [0.717, 1.165) is 29.7 Å². The zero-order valence-electron chi connectivity index (χ0n) is 10.1. The van der Waals surface area contributed by atoms with Gasteiger partial charge in [0.1, 0.15) is 0 Å². The maximum Gasteiger partial charge on any atom is 0.0703 e. The van der Waals surface area contributed by atoms with Gasteiger partial charge in [-0.05, 0) is 18.6 Å². The minimum Gasteiger partial charge on any atom is -0.399 e. The van der Waals surface area contributed by atoms with Gasteiger partial charge in [-0.1, -0.05) is 31.0 Å². The summed E-state index contributed by atoms with van der Waals surface area (Å²) in [4.78, 5) is 0. The van der Waals surface area contributed by atoms with E-state index >= 15 is 0 Å². The van der Waals surface area contributed by atoms with Crippen LogP contribution in [0.3, 0.4) is 0 Å². The van der Waals surface area contributed by atoms with Gasteiger partial charge in [0.25, 0.3) is 0 Å². The van der Waals surface area contributed by atoms with Crippen LogP contribution in [-0.2, 0) is 13.5 Å². The van der Waals surface area contributed by atoms with Gasteiger partial charge in [-0.2, -0.15) is 5.10 Å². The summed E-state index contributed by atoms with van der Waals surface area (Å²) < 4.78 is 1.83. The number of hydrogen-bond donors (Lipinski definition) is 1. The van der Waals surface area contributed by atoms with Gasteiger partial charge in [-0.3, -0.25) is 4.68 Å². The summed E-state index contributed by atoms with van der Waals surface area (Å²) >= 11 is 6.23. The molecule has 2 N–H and O–H groups in total. The lowest BCUT2D eigenvalue weighted by molar-refractivity contribution is 0.733. The number of anilines is 1. The molecule has 0 radical (unpaired) electrons. The highest BCUT2D eigenvalue weighted by atomic mass is 35.5. The lowest BCUT2D eigenvalue weighted by atomic mass is 10.0. The van der Waals surface area contributed by atoms with Crippen LogP contribution >= 0.6 is 11.6 Å². The Morgan fingerprint density at radius 1 is 1.35 bits per heavy atom. The molecule has 0 spiro atoms. The quantitative estimate of drug-likeness (QED) is 0.849. The number of halogens is 1. The lowest BCUT2D eigenvalue weighted by Gasteiger charge is -2.05. The van der Waals surface area contributed by atoms with Gasteiger partial charge in [-0.15, -0.1) is 0 Å². The van der Waals surface area contributed by atoms with Gasteiger partial charge in [0, 0.05) is 30.1 Å². The van der Waals surface area contributed by atoms with E-state index in [2.05, 4.69) is 12.0 Å². The third-order valence-corrected chi connectivity index (χ3v) is 2.99. The summed E-state index contributed by atoms with van der Waals surface area (Å²) in [6.07, 6.45) is 4.02. The van der Waals surface area contributed by atoms with E-state index in [1.165, 1.54) is 0 Å². The Bertz CT molecular complexity index is 531. The average Bonchev–Trinajstić information content (AvgIpc) is 2.60. The van der Waals surface area contributed by atoms with Crippen LogP contribution < -0.4 is 5.73 Å². The average molecular weight is 250 g/mol. The number of rotatable bonds is 3. The molecular weight excluding hydrogens is 234 g/mol. The molecule has 0 saturated heterocycles. The minimum absolute atomic E-state index is 0.676. The van der Waals surface area contributed by atoms with E-state index in [9.17, 15) is 0 Å². The van der Waals surface area contributed by atoms with Crippen molar-refractivity contribution in [2.45, 2.75) is 19.8 Å². The van der Waals surface area contributed by atoms with Crippen LogP contribution in [0.15, 0.2) is 24.4 Å². The van der Waals surface area contributed by atoms with Crippen molar-refractivity contribution in [2.75, 3.05) is 5.73 Å². The topological polar surface area (TPSA) is 43.8 Å². The molecule has 1 aromatic carbocycles. The summed E-state index contributed by atoms with van der Waals surface area (Å²) in [6, 6.07) is 5.59. The van der Waals surface area contributed by atoms with Crippen molar-refractivity contribution in [3.8, 4) is 11.1 Å². The summed E-state index contributed by atoms with van der Waals surface area (Å²) in [6.45, 7) is 2.14. The Kier molecular flexibility index (Phi) is 3.38. The monoisotopic (exact) mass is 249 g/mol. The zero-order valence-corrected chi connectivity index (χ0v) is 10.8. The number of aryl methyl sites for hydroxylation is 2. The van der Waals surface area contributed by atoms with Crippen molar-refractivity contribution in [3.63, 3.8) is 0 Å². The molecule has 0 aliphatic heterocycles. The van der Waals surface area contributed by atoms with Crippen molar-refractivity contribution in [3.05, 3.63) is 35.1 Å². The van der Waals surface area contributed by atoms with Crippen LogP contribution in [0.1, 0.15) is 19.0 Å². The Morgan fingerprint density at radius 3 is 2.76 bits per heavy atom. The van der Waals surface area contributed by atoms with E-state index in [1.807, 2.05) is 30.1 Å². The molecule has 0 aliphatic carbocycles. The van der Waals surface area contributed by atoms with Crippen LogP contribution in [0.4, 0.5) is 5.69 Å². The third kappa shape index (κ3) is 2.44. The highest BCUT2D eigenvalue weighted by Gasteiger charge is 2.12. The van der Waals surface area contributed by atoms with Gasteiger partial charge in [-0.25, -0.2) is 0 Å². The molecule has 0 aliphatic rings. The van der Waals surface area contributed by atoms with Gasteiger partial charge < -0.3 is 5.73 Å². The lowest BCUT2D eigenvalue weighted by Crippen LogP contribution is -1.91. The highest BCUT2D eigenvalue weighted by molar-refractivity contribution is 6.33. The van der Waals surface area contributed by atoms with E-state index in [4.69, 9.17) is 17.3 Å². The highest BCUT2D eigenvalue weighted by Crippen LogP contribution is 2.31. The van der Waals surface area contributed by atoms with Gasteiger partial charge in [0.2, 0.25) is 0 Å². The molecule has 4 heteroatoms. The van der Waals surface area contributed by atoms with E-state index < -0.39 is 0 Å². The maximum absolute atomic E-state index is 6.23. The number of benzene rings is 1. The molecule has 0 unspecified atom stereocenters. The first-order valence-electron chi connectivity index (χ1n) is 5.69. The van der Waals surface area contributed by atoms with Gasteiger partial charge in [0.15, 0.2) is 0 Å². The Morgan fingerprint density at radius 2 is 2.12 bits per heavy atom. The fraction of sp³-hybridized carbons (Fsp3) is 0.308. The van der Waals surface area contributed by atoms with Crippen LogP contribution in [0.5, 0.6) is 0 Å². The molecule has 90 valence electrons. The first-order chi connectivity index (χ1) is 8.11. The number of aromatic nitrogens is 2. The van der Waals surface area contributed by atoms with Crippen molar-refractivity contribution < 1.29 is 0 Å². The van der Waals surface area contributed by atoms with E-state index in [0.29, 0.717) is 10.7 Å². The molecule has 1 aromatic heterocycles. The predicted octanol–water partition coefficient (Wildman–Crippen LogP) is 3.28. The predicted molar refractivity (Wildman–Crippen MR) is 72.1 cm³/mol. The molecular formula is C13H16ClN3. The van der Waals surface area contributed by atoms with Crippen LogP contribution in [0, 0.1) is 0 Å². The van der Waals surface area contributed by atoms with Crippen molar-refractivity contribution >= 4 is 17.3 Å². The fourth-order valence-corrected chi connectivity index (χ4v) is 2.22. The van der Waals surface area contributed by atoms with E-state index in [-0.39, 0.29) is 0 Å². The molecule has 1 heterocycles. The standard InChI is InChI=1S/C13H16ClN3/c1-3-4-13-11(8-17(2)16-13)10-6-5-9(15)7-12(10)14/h5-8H,3-4,15H2,1-2H3. The van der Waals surface area contributed by atoms with Crippen molar-refractivity contribution in [2.24, 2.45) is 7.05 Å². The molecule has 3 nitrogen and oxygen atoms in total. The van der Waals surface area contributed by atoms with Crippen LogP contribution in [0.25, 0.3) is 11.1 Å². The Labute approximate surface area is 106 Å². The number of nitrogen functional groups attached to an aromatic ring is 1. The second kappa shape index (κ2) is 4.80. The van der Waals surface area contributed by atoms with Crippen LogP contribution in [-0.4, -0.2) is 9.78 Å². The van der Waals surface area contributed by atoms with Crippen LogP contribution in [0.2, 0.25) is 5.02 Å². The number of hydrogen-bond acceptors (Lipinski definition) is 2. The largest absolute Gasteiger partial charge is 0.399 e. The molecule has 0 saturated carbocycles. The first kappa shape index (κ1) is 12.0. The minimum atomic E-state index is 0.676. The van der Waals surface area contributed by atoms with Gasteiger partial charge >= 0.3 is 0 Å². The van der Waals surface area contributed by atoms with Gasteiger partial charge in [0.05, 0.1) is 10.7 Å². The molecule has 17 heavy (non-hydrogen) atoms. The van der Waals surface area contributed by atoms with Crippen molar-refractivity contribution in [1.82, 2.24) is 9.78 Å². The number of nitrogens with zero attached hydrogens (tertiary/aromatic N) is 2. The zero-order chi connectivity index (χ0) is 12.4. The third-order valence-electron chi connectivity index (χ3n) is 2.68. The summed E-state index contributed by atoms with van der Waals surface area (Å²) in [5.74, 6) is 0. The first-order valence-corrected chi connectivity index (χ1v) is 6.07. The second-order valence-corrected chi connectivity index (χ2v) is 4.56.